The molecule has 1 aromatic rings. The van der Waals surface area contributed by atoms with Gasteiger partial charge < -0.3 is 19.3 Å². The molecule has 0 bridgehead atoms. The van der Waals surface area contributed by atoms with E-state index in [2.05, 4.69) is 0 Å². The molecule has 1 aliphatic heterocycles. The van der Waals surface area contributed by atoms with Gasteiger partial charge >= 0.3 is 0 Å². The van der Waals surface area contributed by atoms with Crippen LogP contribution in [-0.4, -0.2) is 59.5 Å². The maximum atomic E-state index is 12.4. The minimum absolute atomic E-state index is 0.0719. The number of carbonyl (C=O) groups excluding carboxylic acids is 2. The lowest BCUT2D eigenvalue weighted by molar-refractivity contribution is -0.142. The fourth-order valence-corrected chi connectivity index (χ4v) is 2.38. The van der Waals surface area contributed by atoms with E-state index in [0.29, 0.717) is 31.9 Å². The highest BCUT2D eigenvalue weighted by atomic mass is 16.3. The molecular formula is C15H22N2O4. The van der Waals surface area contributed by atoms with Crippen molar-refractivity contribution in [3.8, 4) is 0 Å². The number of carbonyl (C=O) groups is 2. The molecule has 2 heterocycles. The van der Waals surface area contributed by atoms with Crippen LogP contribution in [0, 0.1) is 5.41 Å². The average molecular weight is 294 g/mol. The molecule has 21 heavy (non-hydrogen) atoms. The number of hydrogen-bond donors (Lipinski definition) is 1. The molecule has 1 N–H and O–H groups in total. The van der Waals surface area contributed by atoms with Gasteiger partial charge in [-0.1, -0.05) is 0 Å². The first-order valence-electron chi connectivity index (χ1n) is 7.19. The second-order valence-electron chi connectivity index (χ2n) is 5.96. The van der Waals surface area contributed by atoms with Gasteiger partial charge in [0.05, 0.1) is 18.3 Å². The minimum Gasteiger partial charge on any atom is -0.459 e. The average Bonchev–Trinajstić information content (AvgIpc) is 2.90. The number of furan rings is 1. The molecule has 1 aliphatic rings. The summed E-state index contributed by atoms with van der Waals surface area (Å²) in [6, 6.07) is 3.33. The SMILES string of the molecule is CC(C)(CO)C(=O)N1CCCN(C(=O)c2ccco2)CC1. The smallest absolute Gasteiger partial charge is 0.289 e. The van der Waals surface area contributed by atoms with Crippen LogP contribution in [0.1, 0.15) is 30.8 Å². The highest BCUT2D eigenvalue weighted by Gasteiger charge is 2.33. The zero-order valence-corrected chi connectivity index (χ0v) is 12.5. The van der Waals surface area contributed by atoms with Gasteiger partial charge in [0.2, 0.25) is 5.91 Å². The summed E-state index contributed by atoms with van der Waals surface area (Å²) in [6.07, 6.45) is 2.20. The lowest BCUT2D eigenvalue weighted by Gasteiger charge is -2.29. The Morgan fingerprint density at radius 2 is 1.90 bits per heavy atom. The number of aliphatic hydroxyl groups is 1. The second kappa shape index (κ2) is 6.30. The van der Waals surface area contributed by atoms with E-state index in [1.54, 1.807) is 35.8 Å². The van der Waals surface area contributed by atoms with Gasteiger partial charge in [-0.25, -0.2) is 0 Å². The molecule has 2 rings (SSSR count). The monoisotopic (exact) mass is 294 g/mol. The van der Waals surface area contributed by atoms with Crippen molar-refractivity contribution in [3.05, 3.63) is 24.2 Å². The molecule has 116 valence electrons. The first-order chi connectivity index (χ1) is 9.95. The molecular weight excluding hydrogens is 272 g/mol. The summed E-state index contributed by atoms with van der Waals surface area (Å²) in [7, 11) is 0. The third-order valence-corrected chi connectivity index (χ3v) is 3.78. The minimum atomic E-state index is -0.778. The Balaban J connectivity index is 1.99. The maximum absolute atomic E-state index is 12.4. The Morgan fingerprint density at radius 1 is 1.24 bits per heavy atom. The Labute approximate surface area is 124 Å². The van der Waals surface area contributed by atoms with E-state index >= 15 is 0 Å². The fourth-order valence-electron chi connectivity index (χ4n) is 2.38. The Morgan fingerprint density at radius 3 is 2.52 bits per heavy atom. The van der Waals surface area contributed by atoms with E-state index < -0.39 is 5.41 Å². The van der Waals surface area contributed by atoms with E-state index in [1.807, 2.05) is 0 Å². The number of aliphatic hydroxyl groups excluding tert-OH is 1. The van der Waals surface area contributed by atoms with Crippen LogP contribution < -0.4 is 0 Å². The number of hydrogen-bond acceptors (Lipinski definition) is 4. The summed E-state index contributed by atoms with van der Waals surface area (Å²) in [4.78, 5) is 28.0. The number of rotatable bonds is 3. The van der Waals surface area contributed by atoms with Crippen molar-refractivity contribution >= 4 is 11.8 Å². The van der Waals surface area contributed by atoms with Crippen LogP contribution in [0.3, 0.4) is 0 Å². The Kier molecular flexibility index (Phi) is 4.67. The Bertz CT molecular complexity index is 496. The maximum Gasteiger partial charge on any atom is 0.289 e. The van der Waals surface area contributed by atoms with Crippen molar-refractivity contribution in [1.29, 1.82) is 0 Å². The van der Waals surface area contributed by atoms with E-state index in [9.17, 15) is 14.7 Å². The van der Waals surface area contributed by atoms with Crippen LogP contribution in [0.2, 0.25) is 0 Å². The van der Waals surface area contributed by atoms with Crippen molar-refractivity contribution < 1.29 is 19.1 Å². The topological polar surface area (TPSA) is 74.0 Å². The van der Waals surface area contributed by atoms with Crippen molar-refractivity contribution in [2.75, 3.05) is 32.8 Å². The first kappa shape index (κ1) is 15.6. The van der Waals surface area contributed by atoms with Crippen LogP contribution in [0.25, 0.3) is 0 Å². The fraction of sp³-hybridized carbons (Fsp3) is 0.600. The van der Waals surface area contributed by atoms with Crippen LogP contribution in [0.15, 0.2) is 22.8 Å². The number of nitrogens with zero attached hydrogens (tertiary/aromatic N) is 2. The van der Waals surface area contributed by atoms with Gasteiger partial charge in [0.1, 0.15) is 0 Å². The van der Waals surface area contributed by atoms with Crippen molar-refractivity contribution in [3.63, 3.8) is 0 Å². The van der Waals surface area contributed by atoms with Gasteiger partial charge in [-0.15, -0.1) is 0 Å². The van der Waals surface area contributed by atoms with Crippen LogP contribution in [0.4, 0.5) is 0 Å². The summed E-state index contributed by atoms with van der Waals surface area (Å²) < 4.78 is 5.13. The van der Waals surface area contributed by atoms with Gasteiger partial charge in [0.25, 0.3) is 5.91 Å². The molecule has 6 nitrogen and oxygen atoms in total. The highest BCUT2D eigenvalue weighted by molar-refractivity contribution is 5.91. The molecule has 1 aromatic heterocycles. The van der Waals surface area contributed by atoms with Crippen molar-refractivity contribution in [2.45, 2.75) is 20.3 Å². The molecule has 0 saturated carbocycles. The van der Waals surface area contributed by atoms with E-state index in [-0.39, 0.29) is 18.4 Å². The molecule has 0 aromatic carbocycles. The first-order valence-corrected chi connectivity index (χ1v) is 7.19. The van der Waals surface area contributed by atoms with Gasteiger partial charge in [-0.2, -0.15) is 0 Å². The summed E-state index contributed by atoms with van der Waals surface area (Å²) in [5.41, 5.74) is -0.778. The predicted octanol–water partition coefficient (Wildman–Crippen LogP) is 0.973. The van der Waals surface area contributed by atoms with Crippen LogP contribution >= 0.6 is 0 Å². The molecule has 0 radical (unpaired) electrons. The van der Waals surface area contributed by atoms with Gasteiger partial charge in [0.15, 0.2) is 5.76 Å². The molecule has 6 heteroatoms. The van der Waals surface area contributed by atoms with E-state index in [4.69, 9.17) is 4.42 Å². The summed E-state index contributed by atoms with van der Waals surface area (Å²) >= 11 is 0. The summed E-state index contributed by atoms with van der Waals surface area (Å²) in [5.74, 6) is 0.110. The van der Waals surface area contributed by atoms with Crippen LogP contribution in [-0.2, 0) is 4.79 Å². The summed E-state index contributed by atoms with van der Waals surface area (Å²) in [6.45, 7) is 5.43. The lowest BCUT2D eigenvalue weighted by Crippen LogP contribution is -2.44. The molecule has 2 amide bonds. The van der Waals surface area contributed by atoms with Crippen molar-refractivity contribution in [2.24, 2.45) is 5.41 Å². The molecule has 0 aliphatic carbocycles. The molecule has 1 fully saturated rings. The standard InChI is InChI=1S/C15H22N2O4/c1-15(2,11-18)14(20)17-7-4-6-16(8-9-17)13(19)12-5-3-10-21-12/h3,5,10,18H,4,6-9,11H2,1-2H3. The van der Waals surface area contributed by atoms with E-state index in [0.717, 1.165) is 6.42 Å². The number of amides is 2. The van der Waals surface area contributed by atoms with Crippen LogP contribution in [0.5, 0.6) is 0 Å². The third-order valence-electron chi connectivity index (χ3n) is 3.78. The highest BCUT2D eigenvalue weighted by Crippen LogP contribution is 2.19. The predicted molar refractivity (Wildman–Crippen MR) is 76.7 cm³/mol. The Hall–Kier alpha value is -1.82. The molecule has 0 unspecified atom stereocenters. The van der Waals surface area contributed by atoms with Crippen molar-refractivity contribution in [1.82, 2.24) is 9.80 Å². The molecule has 1 saturated heterocycles. The summed E-state index contributed by atoms with van der Waals surface area (Å²) in [5, 5.41) is 9.31. The zero-order valence-electron chi connectivity index (χ0n) is 12.5. The van der Waals surface area contributed by atoms with E-state index in [1.165, 1.54) is 6.26 Å². The lowest BCUT2D eigenvalue weighted by atomic mass is 9.93. The molecule has 0 atom stereocenters. The van der Waals surface area contributed by atoms with Gasteiger partial charge in [-0.05, 0) is 32.4 Å². The zero-order chi connectivity index (χ0) is 15.5. The molecule has 0 spiro atoms. The largest absolute Gasteiger partial charge is 0.459 e. The third kappa shape index (κ3) is 3.44. The second-order valence-corrected chi connectivity index (χ2v) is 5.96. The normalized spacial score (nSPS) is 16.7. The van der Waals surface area contributed by atoms with Gasteiger partial charge in [-0.3, -0.25) is 9.59 Å². The quantitative estimate of drug-likeness (QED) is 0.901. The van der Waals surface area contributed by atoms with Gasteiger partial charge in [0, 0.05) is 26.2 Å².